The van der Waals surface area contributed by atoms with Gasteiger partial charge in [0.2, 0.25) is 0 Å². The Hall–Kier alpha value is -2.69. The summed E-state index contributed by atoms with van der Waals surface area (Å²) in [6.07, 6.45) is -0.714. The van der Waals surface area contributed by atoms with Crippen LogP contribution in [0.4, 0.5) is 5.69 Å². The van der Waals surface area contributed by atoms with Crippen LogP contribution in [0, 0.1) is 5.92 Å². The second kappa shape index (κ2) is 5.19. The van der Waals surface area contributed by atoms with Crippen LogP contribution in [0.15, 0.2) is 48.5 Å². The minimum absolute atomic E-state index is 0.207. The number of carbonyl (C=O) groups excluding carboxylic acids is 1. The normalized spacial score (nSPS) is 24.4. The summed E-state index contributed by atoms with van der Waals surface area (Å²) < 4.78 is 17.0. The molecule has 0 radical (unpaired) electrons. The molecule has 2 bridgehead atoms. The third-order valence-corrected chi connectivity index (χ3v) is 4.49. The van der Waals surface area contributed by atoms with E-state index in [1.807, 2.05) is 55.6 Å². The predicted octanol–water partition coefficient (Wildman–Crippen LogP) is 2.76. The number of esters is 1. The van der Waals surface area contributed by atoms with Crippen molar-refractivity contribution in [1.82, 2.24) is 0 Å². The van der Waals surface area contributed by atoms with Gasteiger partial charge in [0.15, 0.2) is 5.92 Å². The molecule has 0 fully saturated rings. The van der Waals surface area contributed by atoms with E-state index in [1.54, 1.807) is 0 Å². The van der Waals surface area contributed by atoms with E-state index in [-0.39, 0.29) is 12.0 Å². The fraction of sp³-hybridized carbons (Fsp3) is 0.278. The number of ether oxygens (including phenoxy) is 3. The lowest BCUT2D eigenvalue weighted by molar-refractivity contribution is -0.159. The van der Waals surface area contributed by atoms with Gasteiger partial charge in [0.25, 0.3) is 6.29 Å². The van der Waals surface area contributed by atoms with Crippen LogP contribution >= 0.6 is 0 Å². The number of carbonyl (C=O) groups is 1. The Labute approximate surface area is 134 Å². The topological polar surface area (TPSA) is 48.0 Å². The summed E-state index contributed by atoms with van der Waals surface area (Å²) in [5, 5.41) is 0. The summed E-state index contributed by atoms with van der Waals surface area (Å²) in [4.78, 5) is 14.5. The molecule has 2 aliphatic rings. The fourth-order valence-electron chi connectivity index (χ4n) is 3.42. The maximum absolute atomic E-state index is 12.4. The Balaban J connectivity index is 1.92. The Morgan fingerprint density at radius 2 is 1.70 bits per heavy atom. The van der Waals surface area contributed by atoms with Crippen LogP contribution in [-0.2, 0) is 9.53 Å². The van der Waals surface area contributed by atoms with Crippen LogP contribution in [0.2, 0.25) is 0 Å². The standard InChI is InChI=1S/C18H17NO4/c1-19-12-8-4-6-10-14(12)23-18-15(17(20)21-2)16(19)11-7-3-5-9-13(11)22-18/h3-10,15-16,18H,1-2H3/t15-,16+,18+/m1/s1. The molecule has 0 aromatic heterocycles. The van der Waals surface area contributed by atoms with Crippen LogP contribution in [0.3, 0.4) is 0 Å². The maximum Gasteiger partial charge on any atom is 0.318 e. The smallest absolute Gasteiger partial charge is 0.318 e. The summed E-state index contributed by atoms with van der Waals surface area (Å²) in [7, 11) is 3.36. The Kier molecular flexibility index (Phi) is 3.15. The highest BCUT2D eigenvalue weighted by Crippen LogP contribution is 2.48. The predicted molar refractivity (Wildman–Crippen MR) is 84.6 cm³/mol. The summed E-state index contributed by atoms with van der Waals surface area (Å²) in [5.41, 5.74) is 1.89. The number of fused-ring (bicyclic) bond motifs is 5. The van der Waals surface area contributed by atoms with Gasteiger partial charge in [0.1, 0.15) is 11.5 Å². The molecule has 0 unspecified atom stereocenters. The van der Waals surface area contributed by atoms with E-state index in [4.69, 9.17) is 14.2 Å². The number of hydrogen-bond donors (Lipinski definition) is 0. The Bertz CT molecular complexity index is 760. The minimum Gasteiger partial charge on any atom is -0.469 e. The van der Waals surface area contributed by atoms with Gasteiger partial charge in [-0.25, -0.2) is 0 Å². The number of rotatable bonds is 1. The largest absolute Gasteiger partial charge is 0.469 e. The second-order valence-corrected chi connectivity index (χ2v) is 5.71. The average molecular weight is 311 g/mol. The van der Waals surface area contributed by atoms with Gasteiger partial charge in [-0.05, 0) is 18.2 Å². The molecule has 5 nitrogen and oxygen atoms in total. The summed E-state index contributed by atoms with van der Waals surface area (Å²) in [6.45, 7) is 0. The Morgan fingerprint density at radius 1 is 1.04 bits per heavy atom. The molecule has 3 atom stereocenters. The molecule has 4 rings (SSSR count). The molecular weight excluding hydrogens is 294 g/mol. The zero-order valence-electron chi connectivity index (χ0n) is 12.9. The lowest BCUT2D eigenvalue weighted by Gasteiger charge is -2.39. The molecule has 2 aliphatic heterocycles. The molecule has 0 spiro atoms. The molecule has 0 saturated carbocycles. The lowest BCUT2D eigenvalue weighted by Crippen LogP contribution is -2.47. The lowest BCUT2D eigenvalue weighted by atomic mass is 9.88. The van der Waals surface area contributed by atoms with Crippen LogP contribution in [0.1, 0.15) is 11.6 Å². The van der Waals surface area contributed by atoms with Gasteiger partial charge >= 0.3 is 5.97 Å². The van der Waals surface area contributed by atoms with Crippen molar-refractivity contribution in [3.05, 3.63) is 54.1 Å². The first kappa shape index (κ1) is 13.9. The van der Waals surface area contributed by atoms with Crippen LogP contribution < -0.4 is 14.4 Å². The molecule has 23 heavy (non-hydrogen) atoms. The van der Waals surface area contributed by atoms with Gasteiger partial charge in [-0.3, -0.25) is 4.79 Å². The molecule has 0 N–H and O–H groups in total. The summed E-state index contributed by atoms with van der Waals surface area (Å²) >= 11 is 0. The number of benzene rings is 2. The van der Waals surface area contributed by atoms with E-state index in [9.17, 15) is 4.79 Å². The SMILES string of the molecule is COC(=O)[C@@H]1[C@H]2Oc3ccccc3[C@@H]1N(C)c1ccccc1O2. The third kappa shape index (κ3) is 2.04. The van der Waals surface area contributed by atoms with Crippen molar-refractivity contribution >= 4 is 11.7 Å². The van der Waals surface area contributed by atoms with E-state index in [0.29, 0.717) is 5.75 Å². The average Bonchev–Trinajstić information content (AvgIpc) is 2.67. The first-order valence-electron chi connectivity index (χ1n) is 7.52. The van der Waals surface area contributed by atoms with Crippen molar-refractivity contribution < 1.29 is 19.0 Å². The van der Waals surface area contributed by atoms with Gasteiger partial charge in [0.05, 0.1) is 18.8 Å². The molecule has 118 valence electrons. The first-order valence-corrected chi connectivity index (χ1v) is 7.52. The first-order chi connectivity index (χ1) is 11.2. The van der Waals surface area contributed by atoms with E-state index < -0.39 is 12.2 Å². The summed E-state index contributed by atoms with van der Waals surface area (Å²) in [6, 6.07) is 15.3. The molecule has 0 amide bonds. The number of methoxy groups -OCH3 is 1. The molecule has 0 aliphatic carbocycles. The second-order valence-electron chi connectivity index (χ2n) is 5.71. The molecule has 0 saturated heterocycles. The number of anilines is 1. The van der Waals surface area contributed by atoms with Crippen molar-refractivity contribution in [2.24, 2.45) is 5.92 Å². The van der Waals surface area contributed by atoms with Gasteiger partial charge < -0.3 is 19.1 Å². The third-order valence-electron chi connectivity index (χ3n) is 4.49. The van der Waals surface area contributed by atoms with Crippen molar-refractivity contribution in [2.75, 3.05) is 19.1 Å². The van der Waals surface area contributed by atoms with Crippen molar-refractivity contribution in [1.29, 1.82) is 0 Å². The zero-order valence-corrected chi connectivity index (χ0v) is 12.9. The number of nitrogens with zero attached hydrogens (tertiary/aromatic N) is 1. The quantitative estimate of drug-likeness (QED) is 0.758. The van der Waals surface area contributed by atoms with Gasteiger partial charge in [-0.15, -0.1) is 0 Å². The van der Waals surface area contributed by atoms with Gasteiger partial charge in [-0.2, -0.15) is 0 Å². The van der Waals surface area contributed by atoms with Crippen molar-refractivity contribution in [2.45, 2.75) is 12.3 Å². The zero-order chi connectivity index (χ0) is 16.0. The Morgan fingerprint density at radius 3 is 2.48 bits per heavy atom. The minimum atomic E-state index is -0.714. The highest BCUT2D eigenvalue weighted by atomic mass is 16.7. The van der Waals surface area contributed by atoms with E-state index in [2.05, 4.69) is 4.90 Å². The maximum atomic E-state index is 12.4. The van der Waals surface area contributed by atoms with Crippen molar-refractivity contribution in [3.63, 3.8) is 0 Å². The van der Waals surface area contributed by atoms with Gasteiger partial charge in [-0.1, -0.05) is 30.3 Å². The summed E-state index contributed by atoms with van der Waals surface area (Å²) in [5.74, 6) is 0.535. The molecular formula is C18H17NO4. The van der Waals surface area contributed by atoms with Gasteiger partial charge in [0, 0.05) is 12.6 Å². The van der Waals surface area contributed by atoms with E-state index in [0.717, 1.165) is 17.0 Å². The van der Waals surface area contributed by atoms with Crippen LogP contribution in [0.25, 0.3) is 0 Å². The highest BCUT2D eigenvalue weighted by Gasteiger charge is 2.49. The molecule has 2 aromatic rings. The molecule has 5 heteroatoms. The monoisotopic (exact) mass is 311 g/mol. The van der Waals surface area contributed by atoms with E-state index in [1.165, 1.54) is 7.11 Å². The highest BCUT2D eigenvalue weighted by molar-refractivity contribution is 5.77. The molecule has 2 heterocycles. The van der Waals surface area contributed by atoms with E-state index >= 15 is 0 Å². The van der Waals surface area contributed by atoms with Crippen LogP contribution in [0.5, 0.6) is 11.5 Å². The number of hydrogen-bond acceptors (Lipinski definition) is 5. The number of para-hydroxylation sites is 3. The van der Waals surface area contributed by atoms with Crippen molar-refractivity contribution in [3.8, 4) is 11.5 Å². The van der Waals surface area contributed by atoms with Crippen LogP contribution in [-0.4, -0.2) is 26.4 Å². The molecule has 2 aromatic carbocycles. The fourth-order valence-corrected chi connectivity index (χ4v) is 3.42.